The predicted octanol–water partition coefficient (Wildman–Crippen LogP) is 4.61. The maximum atomic E-state index is 12.9. The van der Waals surface area contributed by atoms with Crippen molar-refractivity contribution in [3.05, 3.63) is 75.9 Å². The van der Waals surface area contributed by atoms with Crippen molar-refractivity contribution in [1.29, 1.82) is 0 Å². The highest BCUT2D eigenvalue weighted by atomic mass is 32.2. The van der Waals surface area contributed by atoms with Crippen LogP contribution in [0.3, 0.4) is 0 Å². The van der Waals surface area contributed by atoms with E-state index in [9.17, 15) is 8.42 Å². The number of piperidine rings is 1. The Labute approximate surface area is 218 Å². The van der Waals surface area contributed by atoms with Crippen LogP contribution in [-0.4, -0.2) is 32.1 Å². The first-order valence-electron chi connectivity index (χ1n) is 12.5. The predicted molar refractivity (Wildman–Crippen MR) is 145 cm³/mol. The number of hydrogen-bond acceptors (Lipinski definition) is 7. The Hall–Kier alpha value is -2.30. The summed E-state index contributed by atoms with van der Waals surface area (Å²) in [6, 6.07) is 17.0. The second-order valence-corrected chi connectivity index (χ2v) is 12.7. The molecular formula is C27H36N4O3S2. The van der Waals surface area contributed by atoms with E-state index in [1.54, 1.807) is 6.92 Å². The topological polar surface area (TPSA) is 92.4 Å². The van der Waals surface area contributed by atoms with Crippen LogP contribution in [0.5, 0.6) is 5.75 Å². The molecule has 2 atom stereocenters. The maximum absolute atomic E-state index is 12.9. The number of ether oxygens (including phenoxy) is 1. The summed E-state index contributed by atoms with van der Waals surface area (Å²) in [5.74, 6) is 0.818. The van der Waals surface area contributed by atoms with Gasteiger partial charge in [-0.3, -0.25) is 0 Å². The van der Waals surface area contributed by atoms with Crippen molar-refractivity contribution in [3.8, 4) is 5.75 Å². The molecule has 194 valence electrons. The quantitative estimate of drug-likeness (QED) is 0.356. The van der Waals surface area contributed by atoms with E-state index < -0.39 is 10.0 Å². The van der Waals surface area contributed by atoms with Gasteiger partial charge in [-0.25, -0.2) is 18.1 Å². The highest BCUT2D eigenvalue weighted by Gasteiger charge is 2.26. The van der Waals surface area contributed by atoms with Gasteiger partial charge in [0.2, 0.25) is 0 Å². The second-order valence-electron chi connectivity index (χ2n) is 9.51. The molecule has 4 rings (SSSR count). The molecule has 2 aromatic carbocycles. The molecule has 0 bridgehead atoms. The van der Waals surface area contributed by atoms with E-state index in [1.165, 1.54) is 16.9 Å². The summed E-state index contributed by atoms with van der Waals surface area (Å²) in [5.41, 5.74) is 3.71. The fraction of sp³-hybridized carbons (Fsp3) is 0.444. The van der Waals surface area contributed by atoms with Crippen LogP contribution in [0.2, 0.25) is 0 Å². The highest BCUT2D eigenvalue weighted by molar-refractivity contribution is 7.91. The fourth-order valence-corrected chi connectivity index (χ4v) is 7.16. The number of aryl methyl sites for hydroxylation is 2. The molecule has 3 aromatic rings. The van der Waals surface area contributed by atoms with Gasteiger partial charge in [0, 0.05) is 30.7 Å². The van der Waals surface area contributed by atoms with E-state index in [0.29, 0.717) is 12.2 Å². The average molecular weight is 529 g/mol. The molecule has 0 spiro atoms. The third kappa shape index (κ3) is 6.72. The van der Waals surface area contributed by atoms with Crippen molar-refractivity contribution >= 4 is 21.4 Å². The van der Waals surface area contributed by atoms with Crippen LogP contribution in [0, 0.1) is 13.8 Å². The van der Waals surface area contributed by atoms with Gasteiger partial charge in [0.25, 0.3) is 10.0 Å². The smallest absolute Gasteiger partial charge is 0.252 e. The molecule has 1 aliphatic rings. The first-order valence-corrected chi connectivity index (χ1v) is 14.8. The van der Waals surface area contributed by atoms with Crippen molar-refractivity contribution in [2.75, 3.05) is 6.54 Å². The lowest BCUT2D eigenvalue weighted by Gasteiger charge is -2.34. The van der Waals surface area contributed by atoms with Gasteiger partial charge in [-0.2, -0.15) is 0 Å². The molecular weight excluding hydrogens is 492 g/mol. The number of nitrogens with one attached hydrogen (secondary N) is 3. The SMILES string of the molecule is Cc1nc(C)c(S(=O)(=O)NCc2ccc(OC(C)C)c(CN[C@H]3CCCN[C@H]3c3ccccc3)c2)s1. The van der Waals surface area contributed by atoms with Gasteiger partial charge in [-0.1, -0.05) is 36.4 Å². The summed E-state index contributed by atoms with van der Waals surface area (Å²) in [7, 11) is -3.63. The lowest BCUT2D eigenvalue weighted by molar-refractivity contribution is 0.238. The van der Waals surface area contributed by atoms with Crippen LogP contribution in [0.4, 0.5) is 0 Å². The molecule has 1 fully saturated rings. The summed E-state index contributed by atoms with van der Waals surface area (Å²) in [4.78, 5) is 4.25. The highest BCUT2D eigenvalue weighted by Crippen LogP contribution is 2.27. The minimum atomic E-state index is -3.63. The first kappa shape index (κ1) is 26.8. The molecule has 0 unspecified atom stereocenters. The van der Waals surface area contributed by atoms with E-state index in [-0.39, 0.29) is 28.9 Å². The van der Waals surface area contributed by atoms with E-state index >= 15 is 0 Å². The Morgan fingerprint density at radius 3 is 2.61 bits per heavy atom. The fourth-order valence-electron chi connectivity index (χ4n) is 4.62. The Kier molecular flexibility index (Phi) is 8.79. The number of nitrogens with zero attached hydrogens (tertiary/aromatic N) is 1. The number of thiazole rings is 1. The summed E-state index contributed by atoms with van der Waals surface area (Å²) >= 11 is 1.19. The molecule has 0 radical (unpaired) electrons. The van der Waals surface area contributed by atoms with Crippen molar-refractivity contribution in [3.63, 3.8) is 0 Å². The van der Waals surface area contributed by atoms with Crippen LogP contribution in [0.25, 0.3) is 0 Å². The van der Waals surface area contributed by atoms with E-state index in [4.69, 9.17) is 4.74 Å². The largest absolute Gasteiger partial charge is 0.491 e. The van der Waals surface area contributed by atoms with E-state index in [1.807, 2.05) is 45.0 Å². The van der Waals surface area contributed by atoms with Crippen molar-refractivity contribution in [2.24, 2.45) is 0 Å². The Morgan fingerprint density at radius 1 is 1.14 bits per heavy atom. The summed E-state index contributed by atoms with van der Waals surface area (Å²) < 4.78 is 34.8. The molecule has 36 heavy (non-hydrogen) atoms. The van der Waals surface area contributed by atoms with E-state index in [0.717, 1.165) is 41.3 Å². The van der Waals surface area contributed by atoms with Crippen LogP contribution in [0.15, 0.2) is 52.7 Å². The molecule has 1 aliphatic heterocycles. The van der Waals surface area contributed by atoms with Crippen molar-refractivity contribution in [2.45, 2.75) is 76.0 Å². The summed E-state index contributed by atoms with van der Waals surface area (Å²) in [5, 5.41) is 8.15. The molecule has 0 aliphatic carbocycles. The number of rotatable bonds is 10. The molecule has 1 saturated heterocycles. The Balaban J connectivity index is 1.49. The standard InChI is InChI=1S/C27H36N4O3S2/c1-18(2)34-25-13-12-21(16-30-36(32,33)27-19(3)31-20(4)35-27)15-23(25)17-29-24-11-8-14-28-26(24)22-9-6-5-7-10-22/h5-7,9-10,12-13,15,18,24,26,28-30H,8,11,14,16-17H2,1-4H3/t24-,26-/m0/s1. The van der Waals surface area contributed by atoms with Gasteiger partial charge in [-0.15, -0.1) is 11.3 Å². The lowest BCUT2D eigenvalue weighted by Crippen LogP contribution is -2.45. The first-order chi connectivity index (χ1) is 17.2. The van der Waals surface area contributed by atoms with Crippen LogP contribution in [0.1, 0.15) is 60.1 Å². The normalized spacial score (nSPS) is 18.5. The summed E-state index contributed by atoms with van der Waals surface area (Å²) in [6.45, 7) is 9.39. The zero-order valence-corrected chi connectivity index (χ0v) is 23.0. The molecule has 2 heterocycles. The second kappa shape index (κ2) is 11.8. The molecule has 9 heteroatoms. The Bertz CT molecular complexity index is 1260. The Morgan fingerprint density at radius 2 is 1.92 bits per heavy atom. The van der Waals surface area contributed by atoms with Gasteiger partial charge < -0.3 is 15.4 Å². The molecule has 1 aromatic heterocycles. The number of benzene rings is 2. The lowest BCUT2D eigenvalue weighted by atomic mass is 9.92. The third-order valence-electron chi connectivity index (χ3n) is 6.23. The van der Waals surface area contributed by atoms with Gasteiger partial charge in [0.05, 0.1) is 16.8 Å². The minimum Gasteiger partial charge on any atom is -0.491 e. The number of sulfonamides is 1. The van der Waals surface area contributed by atoms with Gasteiger partial charge in [0.15, 0.2) is 4.21 Å². The minimum absolute atomic E-state index is 0.0408. The molecule has 0 amide bonds. The maximum Gasteiger partial charge on any atom is 0.252 e. The summed E-state index contributed by atoms with van der Waals surface area (Å²) in [6.07, 6.45) is 2.24. The zero-order chi connectivity index (χ0) is 25.7. The average Bonchev–Trinajstić information content (AvgIpc) is 3.21. The number of hydrogen-bond donors (Lipinski definition) is 3. The van der Waals surface area contributed by atoms with E-state index in [2.05, 4.69) is 44.6 Å². The third-order valence-corrected chi connectivity index (χ3v) is 9.31. The number of aromatic nitrogens is 1. The van der Waals surface area contributed by atoms with Gasteiger partial charge >= 0.3 is 0 Å². The van der Waals surface area contributed by atoms with Gasteiger partial charge in [-0.05, 0) is 70.3 Å². The monoisotopic (exact) mass is 528 g/mol. The zero-order valence-electron chi connectivity index (χ0n) is 21.4. The van der Waals surface area contributed by atoms with Crippen LogP contribution < -0.4 is 20.1 Å². The molecule has 7 nitrogen and oxygen atoms in total. The van der Waals surface area contributed by atoms with Crippen molar-refractivity contribution in [1.82, 2.24) is 20.3 Å². The van der Waals surface area contributed by atoms with Gasteiger partial charge in [0.1, 0.15) is 5.75 Å². The van der Waals surface area contributed by atoms with Crippen LogP contribution in [-0.2, 0) is 23.1 Å². The van der Waals surface area contributed by atoms with Crippen molar-refractivity contribution < 1.29 is 13.2 Å². The van der Waals surface area contributed by atoms with Crippen LogP contribution >= 0.6 is 11.3 Å². The molecule has 3 N–H and O–H groups in total. The molecule has 0 saturated carbocycles.